The van der Waals surface area contributed by atoms with Crippen LogP contribution in [0.15, 0.2) is 30.5 Å². The number of anilines is 1. The molecule has 0 aliphatic heterocycles. The van der Waals surface area contributed by atoms with Gasteiger partial charge in [0.15, 0.2) is 0 Å². The van der Waals surface area contributed by atoms with Gasteiger partial charge in [-0.25, -0.2) is 4.79 Å². The number of fused-ring (bicyclic) bond motifs is 2. The number of benzene rings is 1. The van der Waals surface area contributed by atoms with Crippen molar-refractivity contribution in [1.82, 2.24) is 4.57 Å². The molecule has 0 unspecified atom stereocenters. The lowest BCUT2D eigenvalue weighted by Gasteiger charge is -2.12. The predicted molar refractivity (Wildman–Crippen MR) is 112 cm³/mol. The standard InChI is InChI=1S/C22H24N2O3S/c1-3-27-22(26)20-16-6-4-5-7-18(16)28-21(20)23-19(25)13-24-11-10-15-12-14(2)8-9-17(15)24/h8-12H,3-7,13H2,1-2H3,(H,23,25). The zero-order valence-electron chi connectivity index (χ0n) is 16.2. The summed E-state index contributed by atoms with van der Waals surface area (Å²) in [4.78, 5) is 26.5. The summed E-state index contributed by atoms with van der Waals surface area (Å²) in [6, 6.07) is 8.20. The van der Waals surface area contributed by atoms with Gasteiger partial charge >= 0.3 is 5.97 Å². The lowest BCUT2D eigenvalue weighted by molar-refractivity contribution is -0.116. The normalized spacial score (nSPS) is 13.4. The van der Waals surface area contributed by atoms with Gasteiger partial charge in [0.2, 0.25) is 5.91 Å². The zero-order valence-corrected chi connectivity index (χ0v) is 17.0. The van der Waals surface area contributed by atoms with E-state index in [0.717, 1.165) is 42.1 Å². The summed E-state index contributed by atoms with van der Waals surface area (Å²) in [6.45, 7) is 4.38. The molecule has 6 heteroatoms. The van der Waals surface area contributed by atoms with Crippen LogP contribution in [0.1, 0.15) is 46.1 Å². The Morgan fingerprint density at radius 3 is 2.86 bits per heavy atom. The molecule has 146 valence electrons. The van der Waals surface area contributed by atoms with E-state index in [0.29, 0.717) is 17.2 Å². The molecule has 1 aromatic carbocycles. The molecule has 0 bridgehead atoms. The molecule has 4 rings (SSSR count). The topological polar surface area (TPSA) is 60.3 Å². The van der Waals surface area contributed by atoms with Gasteiger partial charge in [0.25, 0.3) is 0 Å². The van der Waals surface area contributed by atoms with Crippen LogP contribution in [0.5, 0.6) is 0 Å². The Hall–Kier alpha value is -2.60. The molecule has 1 aliphatic rings. The SMILES string of the molecule is CCOC(=O)c1c(NC(=O)Cn2ccc3cc(C)ccc32)sc2c1CCCC2. The van der Waals surface area contributed by atoms with Crippen molar-refractivity contribution in [2.75, 3.05) is 11.9 Å². The van der Waals surface area contributed by atoms with Crippen molar-refractivity contribution in [2.24, 2.45) is 0 Å². The van der Waals surface area contributed by atoms with Crippen molar-refractivity contribution in [3.05, 3.63) is 52.0 Å². The minimum absolute atomic E-state index is 0.137. The molecule has 0 fully saturated rings. The van der Waals surface area contributed by atoms with Crippen LogP contribution >= 0.6 is 11.3 Å². The van der Waals surface area contributed by atoms with E-state index in [9.17, 15) is 9.59 Å². The highest BCUT2D eigenvalue weighted by atomic mass is 32.1. The predicted octanol–water partition coefficient (Wildman–Crippen LogP) is 4.71. The van der Waals surface area contributed by atoms with Crippen LogP contribution in [0.2, 0.25) is 0 Å². The van der Waals surface area contributed by atoms with Crippen molar-refractivity contribution in [2.45, 2.75) is 46.1 Å². The first kappa shape index (κ1) is 18.7. The Labute approximate surface area is 168 Å². The van der Waals surface area contributed by atoms with Crippen LogP contribution in [0.4, 0.5) is 5.00 Å². The van der Waals surface area contributed by atoms with E-state index in [1.165, 1.54) is 21.8 Å². The van der Waals surface area contributed by atoms with E-state index in [1.54, 1.807) is 6.92 Å². The highest BCUT2D eigenvalue weighted by Gasteiger charge is 2.27. The summed E-state index contributed by atoms with van der Waals surface area (Å²) < 4.78 is 7.19. The molecule has 28 heavy (non-hydrogen) atoms. The smallest absolute Gasteiger partial charge is 0.341 e. The lowest BCUT2D eigenvalue weighted by atomic mass is 9.95. The molecule has 1 N–H and O–H groups in total. The van der Waals surface area contributed by atoms with Gasteiger partial charge in [-0.05, 0) is 68.7 Å². The molecule has 0 saturated heterocycles. The molecule has 3 aromatic rings. The summed E-state index contributed by atoms with van der Waals surface area (Å²) in [7, 11) is 0. The van der Waals surface area contributed by atoms with Gasteiger partial charge in [-0.1, -0.05) is 11.6 Å². The fraction of sp³-hybridized carbons (Fsp3) is 0.364. The molecule has 0 saturated carbocycles. The Bertz CT molecular complexity index is 1050. The fourth-order valence-corrected chi connectivity index (χ4v) is 5.15. The van der Waals surface area contributed by atoms with Gasteiger partial charge in [-0.3, -0.25) is 4.79 Å². The Kier molecular flexibility index (Phi) is 5.22. The minimum Gasteiger partial charge on any atom is -0.462 e. The van der Waals surface area contributed by atoms with Gasteiger partial charge < -0.3 is 14.6 Å². The molecule has 1 amide bonds. The molecule has 1 aliphatic carbocycles. The number of hydrogen-bond donors (Lipinski definition) is 1. The maximum absolute atomic E-state index is 12.8. The molecule has 0 spiro atoms. The number of carbonyl (C=O) groups is 2. The van der Waals surface area contributed by atoms with Gasteiger partial charge in [0.05, 0.1) is 12.2 Å². The lowest BCUT2D eigenvalue weighted by Crippen LogP contribution is -2.19. The van der Waals surface area contributed by atoms with Crippen LogP contribution < -0.4 is 5.32 Å². The van der Waals surface area contributed by atoms with Gasteiger partial charge in [-0.15, -0.1) is 11.3 Å². The van der Waals surface area contributed by atoms with Crippen LogP contribution in [0.3, 0.4) is 0 Å². The van der Waals surface area contributed by atoms with E-state index in [-0.39, 0.29) is 18.4 Å². The summed E-state index contributed by atoms with van der Waals surface area (Å²) in [6.07, 6.45) is 5.95. The second-order valence-corrected chi connectivity index (χ2v) is 8.29. The third-order valence-corrected chi connectivity index (χ3v) is 6.35. The number of carbonyl (C=O) groups excluding carboxylic acids is 2. The first-order chi connectivity index (χ1) is 13.6. The number of hydrogen-bond acceptors (Lipinski definition) is 4. The first-order valence-corrected chi connectivity index (χ1v) is 10.6. The Morgan fingerprint density at radius 2 is 2.04 bits per heavy atom. The average molecular weight is 397 g/mol. The number of thiophene rings is 1. The molecular formula is C22H24N2O3S. The largest absolute Gasteiger partial charge is 0.462 e. The fourth-order valence-electron chi connectivity index (χ4n) is 3.85. The minimum atomic E-state index is -0.334. The number of amides is 1. The van der Waals surface area contributed by atoms with Gasteiger partial charge in [-0.2, -0.15) is 0 Å². The highest BCUT2D eigenvalue weighted by molar-refractivity contribution is 7.17. The number of nitrogens with one attached hydrogen (secondary N) is 1. The molecule has 2 aromatic heterocycles. The molecular weight excluding hydrogens is 372 g/mol. The van der Waals surface area contributed by atoms with Gasteiger partial charge in [0.1, 0.15) is 11.5 Å². The Morgan fingerprint density at radius 1 is 1.21 bits per heavy atom. The maximum atomic E-state index is 12.8. The zero-order chi connectivity index (χ0) is 19.7. The summed E-state index contributed by atoms with van der Waals surface area (Å²) in [5.74, 6) is -0.471. The molecule has 0 radical (unpaired) electrons. The maximum Gasteiger partial charge on any atom is 0.341 e. The van der Waals surface area contributed by atoms with E-state index in [1.807, 2.05) is 29.0 Å². The van der Waals surface area contributed by atoms with E-state index >= 15 is 0 Å². The quantitative estimate of drug-likeness (QED) is 0.636. The first-order valence-electron chi connectivity index (χ1n) is 9.74. The second kappa shape index (κ2) is 7.80. The number of ether oxygens (including phenoxy) is 1. The van der Waals surface area contributed by atoms with Crippen molar-refractivity contribution >= 4 is 39.1 Å². The van der Waals surface area contributed by atoms with Crippen molar-refractivity contribution in [3.63, 3.8) is 0 Å². The molecule has 2 heterocycles. The summed E-state index contributed by atoms with van der Waals surface area (Å²) in [5, 5.41) is 4.72. The van der Waals surface area contributed by atoms with Crippen LogP contribution in [-0.2, 0) is 28.9 Å². The Balaban J connectivity index is 1.58. The van der Waals surface area contributed by atoms with Crippen molar-refractivity contribution in [3.8, 4) is 0 Å². The van der Waals surface area contributed by atoms with Crippen molar-refractivity contribution in [1.29, 1.82) is 0 Å². The number of aryl methyl sites for hydroxylation is 2. The summed E-state index contributed by atoms with van der Waals surface area (Å²) in [5.41, 5.74) is 3.84. The molecule has 5 nitrogen and oxygen atoms in total. The van der Waals surface area contributed by atoms with E-state index in [2.05, 4.69) is 18.3 Å². The van der Waals surface area contributed by atoms with E-state index in [4.69, 9.17) is 4.74 Å². The molecule has 0 atom stereocenters. The van der Waals surface area contributed by atoms with E-state index < -0.39 is 0 Å². The van der Waals surface area contributed by atoms with Crippen molar-refractivity contribution < 1.29 is 14.3 Å². The van der Waals surface area contributed by atoms with Crippen LogP contribution in [0, 0.1) is 6.92 Å². The van der Waals surface area contributed by atoms with Crippen LogP contribution in [-0.4, -0.2) is 23.1 Å². The second-order valence-electron chi connectivity index (χ2n) is 7.19. The number of rotatable bonds is 5. The third-order valence-electron chi connectivity index (χ3n) is 5.14. The third kappa shape index (κ3) is 3.56. The van der Waals surface area contributed by atoms with Gasteiger partial charge in [0, 0.05) is 16.6 Å². The highest BCUT2D eigenvalue weighted by Crippen LogP contribution is 2.38. The van der Waals surface area contributed by atoms with Crippen LogP contribution in [0.25, 0.3) is 10.9 Å². The monoisotopic (exact) mass is 396 g/mol. The number of esters is 1. The average Bonchev–Trinajstić information content (AvgIpc) is 3.22. The number of aromatic nitrogens is 1. The number of nitrogens with zero attached hydrogens (tertiary/aromatic N) is 1. The summed E-state index contributed by atoms with van der Waals surface area (Å²) >= 11 is 1.52.